The van der Waals surface area contributed by atoms with E-state index < -0.39 is 17.7 Å². The molecule has 0 saturated heterocycles. The highest BCUT2D eigenvalue weighted by Crippen LogP contribution is 2.10. The number of nitrogens with one attached hydrogen (secondary N) is 1. The molecule has 0 aromatic carbocycles. The predicted octanol–water partition coefficient (Wildman–Crippen LogP) is 2.68. The lowest BCUT2D eigenvalue weighted by Crippen LogP contribution is -2.46. The van der Waals surface area contributed by atoms with Gasteiger partial charge in [0.15, 0.2) is 5.78 Å². The van der Waals surface area contributed by atoms with Gasteiger partial charge in [0.05, 0.1) is 6.04 Å². The summed E-state index contributed by atoms with van der Waals surface area (Å²) in [6, 6.07) is -0.525. The first-order chi connectivity index (χ1) is 7.67. The highest BCUT2D eigenvalue weighted by atomic mass is 16.6. The number of ketones is 1. The molecule has 0 aliphatic heterocycles. The maximum atomic E-state index is 11.7. The van der Waals surface area contributed by atoms with E-state index in [1.807, 2.05) is 13.8 Å². The average Bonchev–Trinajstić information content (AvgIpc) is 2.11. The van der Waals surface area contributed by atoms with Crippen molar-refractivity contribution in [2.24, 2.45) is 5.92 Å². The molecule has 0 aromatic rings. The fourth-order valence-corrected chi connectivity index (χ4v) is 1.32. The van der Waals surface area contributed by atoms with Crippen LogP contribution in [0.3, 0.4) is 0 Å². The summed E-state index contributed by atoms with van der Waals surface area (Å²) in [6.45, 7) is 12.6. The molecule has 1 N–H and O–H groups in total. The predicted molar refractivity (Wildman–Crippen MR) is 67.8 cm³/mol. The van der Waals surface area contributed by atoms with Crippen LogP contribution in [0.1, 0.15) is 41.0 Å². The van der Waals surface area contributed by atoms with Crippen LogP contribution in [0.4, 0.5) is 4.79 Å². The van der Waals surface area contributed by atoms with Crippen molar-refractivity contribution >= 4 is 11.9 Å². The van der Waals surface area contributed by atoms with Crippen LogP contribution in [0.2, 0.25) is 0 Å². The van der Waals surface area contributed by atoms with Gasteiger partial charge in [0.25, 0.3) is 0 Å². The van der Waals surface area contributed by atoms with Crippen LogP contribution in [0, 0.1) is 5.92 Å². The summed E-state index contributed by atoms with van der Waals surface area (Å²) in [4.78, 5) is 23.3. The Morgan fingerprint density at radius 1 is 1.35 bits per heavy atom. The first kappa shape index (κ1) is 15.7. The van der Waals surface area contributed by atoms with Crippen LogP contribution in [-0.4, -0.2) is 23.5 Å². The summed E-state index contributed by atoms with van der Waals surface area (Å²) >= 11 is 0. The number of allylic oxidation sites excluding steroid dienone is 1. The second kappa shape index (κ2) is 6.42. The largest absolute Gasteiger partial charge is 0.444 e. The van der Waals surface area contributed by atoms with E-state index in [2.05, 4.69) is 11.9 Å². The molecule has 4 nitrogen and oxygen atoms in total. The maximum Gasteiger partial charge on any atom is 0.408 e. The number of Topliss-reactive ketones (excluding diaryl/α,β-unsaturated/α-hetero) is 1. The Hall–Kier alpha value is -1.32. The van der Waals surface area contributed by atoms with Gasteiger partial charge in [-0.15, -0.1) is 6.58 Å². The molecule has 0 heterocycles. The maximum absolute atomic E-state index is 11.7. The van der Waals surface area contributed by atoms with Crippen LogP contribution in [-0.2, 0) is 9.53 Å². The van der Waals surface area contributed by atoms with E-state index in [4.69, 9.17) is 4.74 Å². The van der Waals surface area contributed by atoms with Crippen molar-refractivity contribution in [1.29, 1.82) is 0 Å². The fourth-order valence-electron chi connectivity index (χ4n) is 1.32. The molecule has 0 rings (SSSR count). The Morgan fingerprint density at radius 2 is 1.88 bits per heavy atom. The van der Waals surface area contributed by atoms with Crippen LogP contribution < -0.4 is 5.32 Å². The zero-order valence-electron chi connectivity index (χ0n) is 11.4. The summed E-state index contributed by atoms with van der Waals surface area (Å²) < 4.78 is 5.12. The minimum Gasteiger partial charge on any atom is -0.444 e. The third-order valence-electron chi connectivity index (χ3n) is 2.03. The molecule has 1 atom stereocenters. The summed E-state index contributed by atoms with van der Waals surface area (Å²) in [6.07, 6.45) is 1.22. The summed E-state index contributed by atoms with van der Waals surface area (Å²) in [7, 11) is 0. The molecular formula is C13H23NO3. The molecular weight excluding hydrogens is 218 g/mol. The van der Waals surface area contributed by atoms with Gasteiger partial charge in [-0.2, -0.15) is 0 Å². The van der Waals surface area contributed by atoms with Gasteiger partial charge < -0.3 is 10.1 Å². The van der Waals surface area contributed by atoms with Crippen molar-refractivity contribution in [3.8, 4) is 0 Å². The Morgan fingerprint density at radius 3 is 2.24 bits per heavy atom. The van der Waals surface area contributed by atoms with E-state index in [1.165, 1.54) is 6.08 Å². The molecule has 1 amide bonds. The fraction of sp³-hybridized carbons (Fsp3) is 0.692. The Balaban J connectivity index is 4.50. The van der Waals surface area contributed by atoms with Gasteiger partial charge >= 0.3 is 6.09 Å². The van der Waals surface area contributed by atoms with Gasteiger partial charge in [0.1, 0.15) is 5.60 Å². The zero-order chi connectivity index (χ0) is 13.6. The standard InChI is InChI=1S/C13H23NO3/c1-7-8-10(15)11(9(2)3)14-12(16)17-13(4,5)6/h7,9,11H,1,8H2,2-6H3,(H,14,16)/t11-/m0/s1. The van der Waals surface area contributed by atoms with E-state index in [-0.39, 0.29) is 18.1 Å². The Bertz CT molecular complexity index is 290. The Labute approximate surface area is 103 Å². The van der Waals surface area contributed by atoms with E-state index in [0.717, 1.165) is 0 Å². The molecule has 4 heteroatoms. The number of ether oxygens (including phenoxy) is 1. The van der Waals surface area contributed by atoms with Gasteiger partial charge in [0, 0.05) is 6.42 Å². The zero-order valence-corrected chi connectivity index (χ0v) is 11.4. The highest BCUT2D eigenvalue weighted by Gasteiger charge is 2.25. The molecule has 0 fully saturated rings. The minimum absolute atomic E-state index is 0.0231. The van der Waals surface area contributed by atoms with Crippen molar-refractivity contribution in [2.45, 2.75) is 52.7 Å². The van der Waals surface area contributed by atoms with Crippen LogP contribution >= 0.6 is 0 Å². The molecule has 0 radical (unpaired) electrons. The molecule has 17 heavy (non-hydrogen) atoms. The van der Waals surface area contributed by atoms with Gasteiger partial charge in [0.2, 0.25) is 0 Å². The highest BCUT2D eigenvalue weighted by molar-refractivity contribution is 5.88. The van der Waals surface area contributed by atoms with Crippen LogP contribution in [0.5, 0.6) is 0 Å². The van der Waals surface area contributed by atoms with E-state index >= 15 is 0 Å². The van der Waals surface area contributed by atoms with Crippen molar-refractivity contribution in [1.82, 2.24) is 5.32 Å². The summed E-state index contributed by atoms with van der Waals surface area (Å²) in [5.41, 5.74) is -0.562. The van der Waals surface area contributed by atoms with Gasteiger partial charge in [-0.05, 0) is 26.7 Å². The third kappa shape index (κ3) is 6.76. The molecule has 0 aliphatic carbocycles. The number of carbonyl (C=O) groups excluding carboxylic acids is 2. The normalized spacial score (nSPS) is 13.1. The Kier molecular flexibility index (Phi) is 5.93. The topological polar surface area (TPSA) is 55.4 Å². The van der Waals surface area contributed by atoms with Crippen molar-refractivity contribution in [2.75, 3.05) is 0 Å². The number of hydrogen-bond donors (Lipinski definition) is 1. The number of hydrogen-bond acceptors (Lipinski definition) is 3. The molecule has 0 bridgehead atoms. The minimum atomic E-state index is -0.562. The lowest BCUT2D eigenvalue weighted by atomic mass is 9.98. The van der Waals surface area contributed by atoms with Crippen molar-refractivity contribution in [3.63, 3.8) is 0 Å². The van der Waals surface area contributed by atoms with Crippen molar-refractivity contribution in [3.05, 3.63) is 12.7 Å². The van der Waals surface area contributed by atoms with E-state index in [9.17, 15) is 9.59 Å². The quantitative estimate of drug-likeness (QED) is 0.753. The van der Waals surface area contributed by atoms with Gasteiger partial charge in [-0.1, -0.05) is 19.9 Å². The SMILES string of the molecule is C=CCC(=O)[C@@H](NC(=O)OC(C)(C)C)C(C)C. The van der Waals surface area contributed by atoms with Crippen LogP contribution in [0.15, 0.2) is 12.7 Å². The first-order valence-electron chi connectivity index (χ1n) is 5.80. The molecule has 0 aromatic heterocycles. The second-order valence-corrected chi connectivity index (χ2v) is 5.33. The first-order valence-corrected chi connectivity index (χ1v) is 5.80. The number of carbonyl (C=O) groups is 2. The molecule has 0 spiro atoms. The van der Waals surface area contributed by atoms with Crippen LogP contribution in [0.25, 0.3) is 0 Å². The number of rotatable bonds is 5. The summed E-state index contributed by atoms with van der Waals surface area (Å²) in [5, 5.41) is 2.60. The molecule has 0 unspecified atom stereocenters. The average molecular weight is 241 g/mol. The smallest absolute Gasteiger partial charge is 0.408 e. The lowest BCUT2D eigenvalue weighted by Gasteiger charge is -2.24. The van der Waals surface area contributed by atoms with E-state index in [0.29, 0.717) is 0 Å². The molecule has 0 saturated carbocycles. The number of amides is 1. The van der Waals surface area contributed by atoms with Gasteiger partial charge in [-0.25, -0.2) is 4.79 Å². The van der Waals surface area contributed by atoms with Crippen molar-refractivity contribution < 1.29 is 14.3 Å². The van der Waals surface area contributed by atoms with Gasteiger partial charge in [-0.3, -0.25) is 4.79 Å². The molecule has 98 valence electrons. The third-order valence-corrected chi connectivity index (χ3v) is 2.03. The lowest BCUT2D eigenvalue weighted by molar-refractivity contribution is -0.121. The van der Waals surface area contributed by atoms with E-state index in [1.54, 1.807) is 20.8 Å². The monoisotopic (exact) mass is 241 g/mol. The summed E-state index contributed by atoms with van der Waals surface area (Å²) in [5.74, 6) is -0.0316. The second-order valence-electron chi connectivity index (χ2n) is 5.33. The number of alkyl carbamates (subject to hydrolysis) is 1. The molecule has 0 aliphatic rings.